The van der Waals surface area contributed by atoms with E-state index in [1.54, 1.807) is 0 Å². The Balaban J connectivity index is 2.38. The number of carbonyl (C=O) groups is 1. The molecule has 0 aliphatic rings. The Hall–Kier alpha value is -1.83. The van der Waals surface area contributed by atoms with Gasteiger partial charge in [0.15, 0.2) is 5.78 Å². The molecule has 0 fully saturated rings. The molecule has 2 nitrogen and oxygen atoms in total. The zero-order chi connectivity index (χ0) is 11.7. The fourth-order valence-electron chi connectivity index (χ4n) is 1.69. The van der Waals surface area contributed by atoms with Gasteiger partial charge in [-0.3, -0.25) is 4.79 Å². The molecule has 0 spiro atoms. The topological polar surface area (TPSA) is 22.0 Å². The van der Waals surface area contributed by atoms with Gasteiger partial charge in [0.25, 0.3) is 0 Å². The second kappa shape index (κ2) is 3.97. The van der Waals surface area contributed by atoms with Crippen LogP contribution in [-0.4, -0.2) is 10.4 Å². The van der Waals surface area contributed by atoms with Gasteiger partial charge in [0.05, 0.1) is 0 Å². The minimum absolute atomic E-state index is 0.0868. The molecule has 2 heteroatoms. The van der Waals surface area contributed by atoms with E-state index < -0.39 is 0 Å². The molecular weight excluding hydrogens is 198 g/mol. The SMILES string of the molecule is Cc1ccc(C(=O)c2ccn(C)c2)cc1C. The van der Waals surface area contributed by atoms with Crippen LogP contribution in [0.2, 0.25) is 0 Å². The third-order valence-corrected chi connectivity index (χ3v) is 2.86. The fourth-order valence-corrected chi connectivity index (χ4v) is 1.69. The number of hydrogen-bond acceptors (Lipinski definition) is 1. The minimum atomic E-state index is 0.0868. The molecule has 0 unspecified atom stereocenters. The van der Waals surface area contributed by atoms with Crippen LogP contribution in [0, 0.1) is 13.8 Å². The highest BCUT2D eigenvalue weighted by Gasteiger charge is 2.10. The summed E-state index contributed by atoms with van der Waals surface area (Å²) in [5.74, 6) is 0.0868. The Bertz CT molecular complexity index is 537. The lowest BCUT2D eigenvalue weighted by atomic mass is 10.0. The van der Waals surface area contributed by atoms with Crippen molar-refractivity contribution in [3.63, 3.8) is 0 Å². The molecule has 16 heavy (non-hydrogen) atoms. The van der Waals surface area contributed by atoms with Crippen LogP contribution in [0.15, 0.2) is 36.7 Å². The van der Waals surface area contributed by atoms with E-state index in [0.29, 0.717) is 0 Å². The van der Waals surface area contributed by atoms with Gasteiger partial charge in [0.2, 0.25) is 0 Å². The Morgan fingerprint density at radius 1 is 1.06 bits per heavy atom. The summed E-state index contributed by atoms with van der Waals surface area (Å²) in [6.45, 7) is 4.07. The number of nitrogens with zero attached hydrogens (tertiary/aromatic N) is 1. The van der Waals surface area contributed by atoms with E-state index in [4.69, 9.17) is 0 Å². The smallest absolute Gasteiger partial charge is 0.194 e. The molecule has 0 saturated carbocycles. The van der Waals surface area contributed by atoms with E-state index in [1.807, 2.05) is 62.1 Å². The molecule has 1 aromatic heterocycles. The second-order valence-electron chi connectivity index (χ2n) is 4.19. The van der Waals surface area contributed by atoms with Crippen LogP contribution in [0.4, 0.5) is 0 Å². The summed E-state index contributed by atoms with van der Waals surface area (Å²) in [5, 5.41) is 0. The maximum atomic E-state index is 12.1. The zero-order valence-corrected chi connectivity index (χ0v) is 9.82. The quantitative estimate of drug-likeness (QED) is 0.703. The van der Waals surface area contributed by atoms with Gasteiger partial charge in [-0.05, 0) is 37.1 Å². The van der Waals surface area contributed by atoms with Gasteiger partial charge in [0.1, 0.15) is 0 Å². The molecule has 0 bridgehead atoms. The zero-order valence-electron chi connectivity index (χ0n) is 9.82. The molecule has 0 aliphatic heterocycles. The molecule has 82 valence electrons. The Morgan fingerprint density at radius 3 is 2.38 bits per heavy atom. The summed E-state index contributed by atoms with van der Waals surface area (Å²) >= 11 is 0. The number of aryl methyl sites for hydroxylation is 3. The Kier molecular flexibility index (Phi) is 2.65. The number of ketones is 1. The largest absolute Gasteiger partial charge is 0.357 e. The molecule has 0 atom stereocenters. The Morgan fingerprint density at radius 2 is 1.81 bits per heavy atom. The van der Waals surface area contributed by atoms with E-state index in [2.05, 4.69) is 0 Å². The highest BCUT2D eigenvalue weighted by Crippen LogP contribution is 2.14. The van der Waals surface area contributed by atoms with Crippen molar-refractivity contribution >= 4 is 5.78 Å². The minimum Gasteiger partial charge on any atom is -0.357 e. The van der Waals surface area contributed by atoms with Crippen molar-refractivity contribution in [2.45, 2.75) is 13.8 Å². The van der Waals surface area contributed by atoms with Gasteiger partial charge in [-0.2, -0.15) is 0 Å². The monoisotopic (exact) mass is 213 g/mol. The van der Waals surface area contributed by atoms with Gasteiger partial charge in [-0.1, -0.05) is 12.1 Å². The van der Waals surface area contributed by atoms with Crippen molar-refractivity contribution in [1.82, 2.24) is 4.57 Å². The van der Waals surface area contributed by atoms with E-state index in [0.717, 1.165) is 16.7 Å². The van der Waals surface area contributed by atoms with Crippen LogP contribution in [0.5, 0.6) is 0 Å². The van der Waals surface area contributed by atoms with Crippen LogP contribution in [-0.2, 0) is 7.05 Å². The average molecular weight is 213 g/mol. The van der Waals surface area contributed by atoms with E-state index in [-0.39, 0.29) is 5.78 Å². The predicted octanol–water partition coefficient (Wildman–Crippen LogP) is 2.87. The molecule has 0 radical (unpaired) electrons. The van der Waals surface area contributed by atoms with Crippen LogP contribution >= 0.6 is 0 Å². The van der Waals surface area contributed by atoms with Crippen LogP contribution in [0.1, 0.15) is 27.0 Å². The second-order valence-corrected chi connectivity index (χ2v) is 4.19. The highest BCUT2D eigenvalue weighted by molar-refractivity contribution is 6.09. The molecule has 2 aromatic rings. The van der Waals surface area contributed by atoms with Crippen molar-refractivity contribution in [1.29, 1.82) is 0 Å². The molecular formula is C14H15NO. The van der Waals surface area contributed by atoms with Gasteiger partial charge >= 0.3 is 0 Å². The van der Waals surface area contributed by atoms with Crippen LogP contribution in [0.3, 0.4) is 0 Å². The van der Waals surface area contributed by atoms with Gasteiger partial charge in [-0.25, -0.2) is 0 Å². The summed E-state index contributed by atoms with van der Waals surface area (Å²) in [7, 11) is 1.91. The van der Waals surface area contributed by atoms with Crippen molar-refractivity contribution in [3.8, 4) is 0 Å². The number of hydrogen-bond donors (Lipinski definition) is 0. The lowest BCUT2D eigenvalue weighted by Crippen LogP contribution is -2.00. The summed E-state index contributed by atoms with van der Waals surface area (Å²) in [6.07, 6.45) is 3.73. The van der Waals surface area contributed by atoms with Crippen molar-refractivity contribution < 1.29 is 4.79 Å². The number of aromatic nitrogens is 1. The maximum absolute atomic E-state index is 12.1. The molecule has 1 heterocycles. The summed E-state index contributed by atoms with van der Waals surface area (Å²) in [6, 6.07) is 7.67. The number of carbonyl (C=O) groups excluding carboxylic acids is 1. The van der Waals surface area contributed by atoms with Gasteiger partial charge < -0.3 is 4.57 Å². The first kappa shape index (κ1) is 10.7. The van der Waals surface area contributed by atoms with Crippen LogP contribution < -0.4 is 0 Å². The molecule has 0 aliphatic carbocycles. The third-order valence-electron chi connectivity index (χ3n) is 2.86. The summed E-state index contributed by atoms with van der Waals surface area (Å²) < 4.78 is 1.88. The molecule has 2 rings (SSSR count). The van der Waals surface area contributed by atoms with Crippen molar-refractivity contribution in [2.24, 2.45) is 7.05 Å². The van der Waals surface area contributed by atoms with E-state index in [1.165, 1.54) is 5.56 Å². The van der Waals surface area contributed by atoms with E-state index in [9.17, 15) is 4.79 Å². The summed E-state index contributed by atoms with van der Waals surface area (Å²) in [5.41, 5.74) is 3.87. The van der Waals surface area contributed by atoms with Gasteiger partial charge in [-0.15, -0.1) is 0 Å². The standard InChI is InChI=1S/C14H15NO/c1-10-4-5-12(8-11(10)2)14(16)13-6-7-15(3)9-13/h4-9H,1-3H3. The fraction of sp³-hybridized carbons (Fsp3) is 0.214. The first-order valence-corrected chi connectivity index (χ1v) is 5.32. The molecule has 1 aromatic carbocycles. The summed E-state index contributed by atoms with van der Waals surface area (Å²) in [4.78, 5) is 12.1. The lowest BCUT2D eigenvalue weighted by molar-refractivity contribution is 0.103. The maximum Gasteiger partial charge on any atom is 0.194 e. The first-order chi connectivity index (χ1) is 7.58. The molecule has 0 amide bonds. The normalized spacial score (nSPS) is 10.4. The predicted molar refractivity (Wildman–Crippen MR) is 64.8 cm³/mol. The van der Waals surface area contributed by atoms with Crippen molar-refractivity contribution in [3.05, 3.63) is 58.9 Å². The van der Waals surface area contributed by atoms with Crippen LogP contribution in [0.25, 0.3) is 0 Å². The van der Waals surface area contributed by atoms with Gasteiger partial charge in [0, 0.05) is 30.6 Å². The highest BCUT2D eigenvalue weighted by atomic mass is 16.1. The first-order valence-electron chi connectivity index (χ1n) is 5.32. The molecule has 0 saturated heterocycles. The number of benzene rings is 1. The van der Waals surface area contributed by atoms with Crippen molar-refractivity contribution in [2.75, 3.05) is 0 Å². The molecule has 0 N–H and O–H groups in total. The lowest BCUT2D eigenvalue weighted by Gasteiger charge is -2.03. The van der Waals surface area contributed by atoms with E-state index >= 15 is 0 Å². The third kappa shape index (κ3) is 1.91. The number of rotatable bonds is 2. The Labute approximate surface area is 95.5 Å². The average Bonchev–Trinajstić information content (AvgIpc) is 2.68.